The van der Waals surface area contributed by atoms with E-state index in [0.717, 1.165) is 25.7 Å². The second kappa shape index (κ2) is 9.27. The van der Waals surface area contributed by atoms with Crippen molar-refractivity contribution in [3.8, 4) is 0 Å². The molecular formula is C12H20O. The number of allylic oxidation sites excluding steroid dienone is 4. The molecular weight excluding hydrogens is 160 g/mol. The predicted octanol–water partition coefficient (Wildman–Crippen LogP) is 3.23. The van der Waals surface area contributed by atoms with Gasteiger partial charge in [0, 0.05) is 0 Å². The van der Waals surface area contributed by atoms with E-state index in [2.05, 4.69) is 13.5 Å². The Morgan fingerprint density at radius 1 is 1.31 bits per heavy atom. The third kappa shape index (κ3) is 9.09. The van der Waals surface area contributed by atoms with Crippen molar-refractivity contribution in [2.24, 2.45) is 0 Å². The number of aliphatic hydroxyl groups excluding tert-OH is 1. The average molecular weight is 180 g/mol. The third-order valence-electron chi connectivity index (χ3n) is 1.79. The molecule has 74 valence electrons. The quantitative estimate of drug-likeness (QED) is 0.596. The number of rotatable bonds is 7. The highest BCUT2D eigenvalue weighted by Gasteiger charge is 1.98. The molecule has 1 atom stereocenters. The van der Waals surface area contributed by atoms with Crippen LogP contribution in [0.5, 0.6) is 0 Å². The Hall–Kier alpha value is -0.820. The van der Waals surface area contributed by atoms with Gasteiger partial charge in [0.25, 0.3) is 0 Å². The van der Waals surface area contributed by atoms with Gasteiger partial charge in [-0.15, -0.1) is 0 Å². The van der Waals surface area contributed by atoms with Crippen LogP contribution in [0.2, 0.25) is 0 Å². The lowest BCUT2D eigenvalue weighted by molar-refractivity contribution is 0.164. The van der Waals surface area contributed by atoms with Crippen LogP contribution in [-0.2, 0) is 0 Å². The second-order valence-corrected chi connectivity index (χ2v) is 3.08. The Morgan fingerprint density at radius 3 is 2.69 bits per heavy atom. The van der Waals surface area contributed by atoms with Crippen molar-refractivity contribution in [2.45, 2.75) is 38.7 Å². The summed E-state index contributed by atoms with van der Waals surface area (Å²) in [6.45, 7) is 5.70. The maximum atomic E-state index is 9.44. The van der Waals surface area contributed by atoms with Crippen molar-refractivity contribution in [1.29, 1.82) is 0 Å². The summed E-state index contributed by atoms with van der Waals surface area (Å²) in [7, 11) is 0. The fraction of sp³-hybridized carbons (Fsp3) is 0.500. The van der Waals surface area contributed by atoms with Crippen LogP contribution in [0, 0.1) is 0 Å². The molecule has 1 unspecified atom stereocenters. The Balaban J connectivity index is 3.44. The molecule has 1 heteroatoms. The molecule has 0 aromatic heterocycles. The van der Waals surface area contributed by atoms with Gasteiger partial charge in [-0.1, -0.05) is 56.7 Å². The molecule has 0 aliphatic rings. The first-order chi connectivity index (χ1) is 6.31. The van der Waals surface area contributed by atoms with Crippen molar-refractivity contribution in [1.82, 2.24) is 0 Å². The van der Waals surface area contributed by atoms with Crippen LogP contribution in [0.25, 0.3) is 0 Å². The lowest BCUT2D eigenvalue weighted by Crippen LogP contribution is -2.03. The predicted molar refractivity (Wildman–Crippen MR) is 58.6 cm³/mol. The van der Waals surface area contributed by atoms with E-state index in [4.69, 9.17) is 0 Å². The van der Waals surface area contributed by atoms with Crippen LogP contribution < -0.4 is 0 Å². The SMILES string of the molecule is C=CC=CC=CCC(O)CCCC. The summed E-state index contributed by atoms with van der Waals surface area (Å²) < 4.78 is 0. The van der Waals surface area contributed by atoms with Gasteiger partial charge in [0.05, 0.1) is 6.10 Å². The molecule has 0 bridgehead atoms. The number of hydrogen-bond acceptors (Lipinski definition) is 1. The standard InChI is InChI=1S/C12H20O/c1-3-5-7-8-9-11-12(13)10-6-4-2/h3,5,7-9,12-13H,1,4,6,10-11H2,2H3. The molecule has 0 rings (SSSR count). The van der Waals surface area contributed by atoms with E-state index >= 15 is 0 Å². The van der Waals surface area contributed by atoms with Crippen LogP contribution in [0.4, 0.5) is 0 Å². The van der Waals surface area contributed by atoms with Gasteiger partial charge in [-0.3, -0.25) is 0 Å². The van der Waals surface area contributed by atoms with E-state index in [1.165, 1.54) is 0 Å². The van der Waals surface area contributed by atoms with E-state index in [0.29, 0.717) is 0 Å². The molecule has 0 aromatic carbocycles. The minimum Gasteiger partial charge on any atom is -0.393 e. The van der Waals surface area contributed by atoms with Crippen LogP contribution >= 0.6 is 0 Å². The van der Waals surface area contributed by atoms with Crippen LogP contribution in [-0.4, -0.2) is 11.2 Å². The molecule has 0 aromatic rings. The molecule has 0 amide bonds. The largest absolute Gasteiger partial charge is 0.393 e. The van der Waals surface area contributed by atoms with E-state index in [1.807, 2.05) is 24.3 Å². The summed E-state index contributed by atoms with van der Waals surface area (Å²) in [6.07, 6.45) is 13.2. The van der Waals surface area contributed by atoms with Gasteiger partial charge in [-0.05, 0) is 12.8 Å². The van der Waals surface area contributed by atoms with Gasteiger partial charge in [0.2, 0.25) is 0 Å². The third-order valence-corrected chi connectivity index (χ3v) is 1.79. The molecule has 0 aliphatic heterocycles. The first kappa shape index (κ1) is 12.2. The maximum absolute atomic E-state index is 9.44. The normalized spacial score (nSPS) is 14.0. The van der Waals surface area contributed by atoms with Gasteiger partial charge < -0.3 is 5.11 Å². The van der Waals surface area contributed by atoms with Gasteiger partial charge in [0.1, 0.15) is 0 Å². The Bertz CT molecular complexity index is 168. The molecule has 1 nitrogen and oxygen atoms in total. The van der Waals surface area contributed by atoms with Crippen molar-refractivity contribution in [2.75, 3.05) is 0 Å². The van der Waals surface area contributed by atoms with Gasteiger partial charge in [0.15, 0.2) is 0 Å². The van der Waals surface area contributed by atoms with Crippen molar-refractivity contribution < 1.29 is 5.11 Å². The zero-order valence-electron chi connectivity index (χ0n) is 8.45. The second-order valence-electron chi connectivity index (χ2n) is 3.08. The Labute approximate surface area is 81.5 Å². The van der Waals surface area contributed by atoms with E-state index < -0.39 is 0 Å². The summed E-state index contributed by atoms with van der Waals surface area (Å²) in [4.78, 5) is 0. The zero-order valence-corrected chi connectivity index (χ0v) is 8.45. The molecule has 0 fully saturated rings. The van der Waals surface area contributed by atoms with Gasteiger partial charge in [-0.2, -0.15) is 0 Å². The van der Waals surface area contributed by atoms with Gasteiger partial charge in [-0.25, -0.2) is 0 Å². The lowest BCUT2D eigenvalue weighted by atomic mass is 10.1. The lowest BCUT2D eigenvalue weighted by Gasteiger charge is -2.05. The highest BCUT2D eigenvalue weighted by atomic mass is 16.3. The van der Waals surface area contributed by atoms with Crippen molar-refractivity contribution >= 4 is 0 Å². The molecule has 0 aliphatic carbocycles. The summed E-state index contributed by atoms with van der Waals surface area (Å²) in [5.41, 5.74) is 0. The monoisotopic (exact) mass is 180 g/mol. The minimum atomic E-state index is -0.173. The molecule has 0 heterocycles. The van der Waals surface area contributed by atoms with Crippen LogP contribution in [0.15, 0.2) is 37.0 Å². The van der Waals surface area contributed by atoms with Gasteiger partial charge >= 0.3 is 0 Å². The highest BCUT2D eigenvalue weighted by molar-refractivity contribution is 5.08. The van der Waals surface area contributed by atoms with Crippen molar-refractivity contribution in [3.63, 3.8) is 0 Å². The number of aliphatic hydroxyl groups is 1. The van der Waals surface area contributed by atoms with Crippen LogP contribution in [0.3, 0.4) is 0 Å². The Kier molecular flexibility index (Phi) is 8.68. The van der Waals surface area contributed by atoms with Crippen molar-refractivity contribution in [3.05, 3.63) is 37.0 Å². The first-order valence-electron chi connectivity index (χ1n) is 4.93. The molecule has 0 spiro atoms. The zero-order chi connectivity index (χ0) is 9.94. The molecule has 13 heavy (non-hydrogen) atoms. The molecule has 0 saturated carbocycles. The molecule has 1 N–H and O–H groups in total. The summed E-state index contributed by atoms with van der Waals surface area (Å²) >= 11 is 0. The van der Waals surface area contributed by atoms with E-state index in [9.17, 15) is 5.11 Å². The smallest absolute Gasteiger partial charge is 0.0574 e. The number of hydrogen-bond donors (Lipinski definition) is 1. The fourth-order valence-electron chi connectivity index (χ4n) is 1.01. The average Bonchev–Trinajstić information content (AvgIpc) is 2.14. The van der Waals surface area contributed by atoms with E-state index in [1.54, 1.807) is 6.08 Å². The maximum Gasteiger partial charge on any atom is 0.0574 e. The summed E-state index contributed by atoms with van der Waals surface area (Å²) in [5.74, 6) is 0. The minimum absolute atomic E-state index is 0.173. The summed E-state index contributed by atoms with van der Waals surface area (Å²) in [6, 6.07) is 0. The highest BCUT2D eigenvalue weighted by Crippen LogP contribution is 2.04. The molecule has 0 radical (unpaired) electrons. The fourth-order valence-corrected chi connectivity index (χ4v) is 1.01. The first-order valence-corrected chi connectivity index (χ1v) is 4.93. The Morgan fingerprint density at radius 2 is 2.08 bits per heavy atom. The van der Waals surface area contributed by atoms with Crippen LogP contribution in [0.1, 0.15) is 32.6 Å². The molecule has 0 saturated heterocycles. The van der Waals surface area contributed by atoms with E-state index in [-0.39, 0.29) is 6.10 Å². The topological polar surface area (TPSA) is 20.2 Å². The number of unbranched alkanes of at least 4 members (excludes halogenated alkanes) is 1. The summed E-state index contributed by atoms with van der Waals surface area (Å²) in [5, 5.41) is 9.44.